The molecule has 3 aromatic rings. The Morgan fingerprint density at radius 2 is 1.58 bits per heavy atom. The van der Waals surface area contributed by atoms with Crippen molar-refractivity contribution >= 4 is 62.3 Å². The lowest BCUT2D eigenvalue weighted by Gasteiger charge is -2.33. The average Bonchev–Trinajstić information content (AvgIpc) is 2.86. The molecule has 11 heteroatoms. The Hall–Kier alpha value is -2.78. The lowest BCUT2D eigenvalue weighted by atomic mass is 10.0. The topological polar surface area (TPSA) is 86.8 Å². The van der Waals surface area contributed by atoms with E-state index >= 15 is 0 Å². The molecule has 0 aliphatic heterocycles. The summed E-state index contributed by atoms with van der Waals surface area (Å²) >= 11 is 18.7. The third-order valence-electron chi connectivity index (χ3n) is 5.78. The zero-order valence-corrected chi connectivity index (χ0v) is 24.0. The summed E-state index contributed by atoms with van der Waals surface area (Å²) in [6.07, 6.45) is 1.19. The molecule has 0 spiro atoms. The molecule has 0 aromatic heterocycles. The zero-order chi connectivity index (χ0) is 27.9. The first-order valence-corrected chi connectivity index (χ1v) is 14.8. The lowest BCUT2D eigenvalue weighted by molar-refractivity contribution is -0.140. The minimum absolute atomic E-state index is 0.0148. The van der Waals surface area contributed by atoms with Gasteiger partial charge < -0.3 is 10.2 Å². The first-order chi connectivity index (χ1) is 18.0. The van der Waals surface area contributed by atoms with Gasteiger partial charge in [-0.15, -0.1) is 0 Å². The fraction of sp³-hybridized carbons (Fsp3) is 0.259. The van der Waals surface area contributed by atoms with Crippen LogP contribution in [-0.2, 0) is 32.6 Å². The van der Waals surface area contributed by atoms with Gasteiger partial charge >= 0.3 is 0 Å². The van der Waals surface area contributed by atoms with Crippen LogP contribution in [-0.4, -0.2) is 50.5 Å². The van der Waals surface area contributed by atoms with E-state index in [0.717, 1.165) is 16.1 Å². The van der Waals surface area contributed by atoms with Crippen LogP contribution in [0, 0.1) is 0 Å². The molecule has 3 rings (SSSR count). The first kappa shape index (κ1) is 29.8. The molecule has 0 aliphatic rings. The summed E-state index contributed by atoms with van der Waals surface area (Å²) in [6, 6.07) is 19.6. The van der Waals surface area contributed by atoms with Crippen molar-refractivity contribution in [1.82, 2.24) is 10.2 Å². The van der Waals surface area contributed by atoms with Crippen molar-refractivity contribution < 1.29 is 18.0 Å². The second-order valence-electron chi connectivity index (χ2n) is 8.58. The molecule has 7 nitrogen and oxygen atoms in total. The SMILES string of the molecule is CCNC(=O)[C@@H](Cc1ccccc1)N(Cc1ccccc1Cl)C(=O)CN(c1ccc(Cl)cc1Cl)S(C)(=O)=O. The number of rotatable bonds is 11. The highest BCUT2D eigenvalue weighted by Crippen LogP contribution is 2.31. The standard InChI is InChI=1S/C27H28Cl3N3O4S/c1-3-31-27(35)25(15-19-9-5-4-6-10-19)32(17-20-11-7-8-12-22(20)29)26(34)18-33(38(2,36)37)24-14-13-21(28)16-23(24)30/h4-14,16,25H,3,15,17-18H2,1-2H3,(H,31,35)/t25-/m1/s1. The number of nitrogens with one attached hydrogen (secondary N) is 1. The number of likely N-dealkylation sites (N-methyl/N-ethyl adjacent to an activating group) is 1. The Bertz CT molecular complexity index is 1390. The minimum Gasteiger partial charge on any atom is -0.355 e. The van der Waals surface area contributed by atoms with Gasteiger partial charge in [-0.1, -0.05) is 83.3 Å². The van der Waals surface area contributed by atoms with E-state index in [2.05, 4.69) is 5.32 Å². The minimum atomic E-state index is -3.95. The van der Waals surface area contributed by atoms with Crippen molar-refractivity contribution in [2.45, 2.75) is 25.9 Å². The Kier molecular flexibility index (Phi) is 10.4. The maximum absolute atomic E-state index is 13.9. The normalized spacial score (nSPS) is 12.0. The first-order valence-electron chi connectivity index (χ1n) is 11.8. The Morgan fingerprint density at radius 1 is 0.921 bits per heavy atom. The van der Waals surface area contributed by atoms with Gasteiger partial charge in [0.05, 0.1) is 17.0 Å². The number of carbonyl (C=O) groups excluding carboxylic acids is 2. The molecule has 38 heavy (non-hydrogen) atoms. The van der Waals surface area contributed by atoms with Gasteiger partial charge in [0.15, 0.2) is 0 Å². The van der Waals surface area contributed by atoms with E-state index < -0.39 is 28.5 Å². The number of carbonyl (C=O) groups is 2. The van der Waals surface area contributed by atoms with Crippen LogP contribution < -0.4 is 9.62 Å². The molecule has 0 fully saturated rings. The van der Waals surface area contributed by atoms with E-state index in [-0.39, 0.29) is 29.6 Å². The monoisotopic (exact) mass is 595 g/mol. The van der Waals surface area contributed by atoms with E-state index in [9.17, 15) is 18.0 Å². The summed E-state index contributed by atoms with van der Waals surface area (Å²) in [5, 5.41) is 3.60. The molecule has 0 saturated heterocycles. The van der Waals surface area contributed by atoms with Crippen LogP contribution in [0.5, 0.6) is 0 Å². The number of benzene rings is 3. The van der Waals surface area contributed by atoms with Gasteiger partial charge in [-0.3, -0.25) is 13.9 Å². The van der Waals surface area contributed by atoms with Crippen molar-refractivity contribution in [2.24, 2.45) is 0 Å². The average molecular weight is 597 g/mol. The maximum Gasteiger partial charge on any atom is 0.244 e. The van der Waals surface area contributed by atoms with Crippen LogP contribution in [0.4, 0.5) is 5.69 Å². The van der Waals surface area contributed by atoms with E-state index in [1.165, 1.54) is 23.1 Å². The number of hydrogen-bond acceptors (Lipinski definition) is 4. The van der Waals surface area contributed by atoms with Gasteiger partial charge in [-0.05, 0) is 42.3 Å². The van der Waals surface area contributed by atoms with Gasteiger partial charge in [-0.25, -0.2) is 8.42 Å². The number of nitrogens with zero attached hydrogens (tertiary/aromatic N) is 2. The Labute approximate surface area is 238 Å². The highest BCUT2D eigenvalue weighted by molar-refractivity contribution is 7.92. The number of halogens is 3. The zero-order valence-electron chi connectivity index (χ0n) is 20.9. The molecule has 0 unspecified atom stereocenters. The maximum atomic E-state index is 13.9. The van der Waals surface area contributed by atoms with Crippen LogP contribution in [0.25, 0.3) is 0 Å². The molecule has 2 amide bonds. The van der Waals surface area contributed by atoms with Gasteiger partial charge in [0, 0.05) is 29.6 Å². The van der Waals surface area contributed by atoms with Gasteiger partial charge in [0.2, 0.25) is 21.8 Å². The molecule has 1 N–H and O–H groups in total. The van der Waals surface area contributed by atoms with E-state index in [1.807, 2.05) is 30.3 Å². The molecule has 0 heterocycles. The molecular formula is C27H28Cl3N3O4S. The summed E-state index contributed by atoms with van der Waals surface area (Å²) < 4.78 is 26.5. The van der Waals surface area contributed by atoms with Crippen LogP contribution in [0.2, 0.25) is 15.1 Å². The Morgan fingerprint density at radius 3 is 2.18 bits per heavy atom. The smallest absolute Gasteiger partial charge is 0.244 e. The van der Waals surface area contributed by atoms with Gasteiger partial charge in [-0.2, -0.15) is 0 Å². The van der Waals surface area contributed by atoms with Crippen LogP contribution in [0.15, 0.2) is 72.8 Å². The van der Waals surface area contributed by atoms with Crippen molar-refractivity contribution in [2.75, 3.05) is 23.7 Å². The largest absolute Gasteiger partial charge is 0.355 e. The van der Waals surface area contributed by atoms with Crippen molar-refractivity contribution in [1.29, 1.82) is 0 Å². The van der Waals surface area contributed by atoms with Crippen molar-refractivity contribution in [3.8, 4) is 0 Å². The summed E-state index contributed by atoms with van der Waals surface area (Å²) in [7, 11) is -3.95. The van der Waals surface area contributed by atoms with Crippen LogP contribution in [0.1, 0.15) is 18.1 Å². The van der Waals surface area contributed by atoms with E-state index in [1.54, 1.807) is 31.2 Å². The second kappa shape index (κ2) is 13.3. The quantitative estimate of drug-likeness (QED) is 0.330. The molecular weight excluding hydrogens is 569 g/mol. The second-order valence-corrected chi connectivity index (χ2v) is 11.7. The van der Waals surface area contributed by atoms with Gasteiger partial charge in [0.1, 0.15) is 12.6 Å². The summed E-state index contributed by atoms with van der Waals surface area (Å²) in [4.78, 5) is 28.6. The van der Waals surface area contributed by atoms with Gasteiger partial charge in [0.25, 0.3) is 0 Å². The highest BCUT2D eigenvalue weighted by Gasteiger charge is 2.33. The third-order valence-corrected chi connectivity index (χ3v) is 7.81. The molecule has 0 aliphatic carbocycles. The lowest BCUT2D eigenvalue weighted by Crippen LogP contribution is -2.53. The summed E-state index contributed by atoms with van der Waals surface area (Å²) in [5.41, 5.74) is 1.55. The molecule has 0 bridgehead atoms. The third kappa shape index (κ3) is 7.86. The molecule has 0 saturated carbocycles. The molecule has 202 valence electrons. The number of amides is 2. The Balaban J connectivity index is 2.07. The van der Waals surface area contributed by atoms with Crippen molar-refractivity contribution in [3.05, 3.63) is 99.0 Å². The number of hydrogen-bond donors (Lipinski definition) is 1. The predicted octanol–water partition coefficient (Wildman–Crippen LogP) is 5.19. The van der Waals surface area contributed by atoms with Crippen molar-refractivity contribution in [3.63, 3.8) is 0 Å². The van der Waals surface area contributed by atoms with E-state index in [4.69, 9.17) is 34.8 Å². The fourth-order valence-electron chi connectivity index (χ4n) is 3.93. The van der Waals surface area contributed by atoms with Crippen LogP contribution in [0.3, 0.4) is 0 Å². The number of sulfonamides is 1. The molecule has 0 radical (unpaired) electrons. The predicted molar refractivity (Wildman–Crippen MR) is 153 cm³/mol. The van der Waals surface area contributed by atoms with E-state index in [0.29, 0.717) is 22.2 Å². The fourth-order valence-corrected chi connectivity index (χ4v) is 5.55. The van der Waals surface area contributed by atoms with Crippen LogP contribution >= 0.6 is 34.8 Å². The molecule has 1 atom stereocenters. The summed E-state index contributed by atoms with van der Waals surface area (Å²) in [5.74, 6) is -0.972. The molecule has 3 aromatic carbocycles. The summed E-state index contributed by atoms with van der Waals surface area (Å²) in [6.45, 7) is 1.54. The highest BCUT2D eigenvalue weighted by atomic mass is 35.5. The number of anilines is 1.